The molecule has 1 aliphatic heterocycles. The topological polar surface area (TPSA) is 21.3 Å². The molecule has 0 radical (unpaired) electrons. The molecule has 2 nitrogen and oxygen atoms in total. The van der Waals surface area contributed by atoms with E-state index in [1.165, 1.54) is 0 Å². The molecule has 0 amide bonds. The summed E-state index contributed by atoms with van der Waals surface area (Å²) in [5, 5.41) is 4.05. The van der Waals surface area contributed by atoms with Crippen LogP contribution >= 0.6 is 11.6 Å². The Morgan fingerprint density at radius 3 is 2.67 bits per heavy atom. The molecule has 86 valence electrons. The minimum absolute atomic E-state index is 0.316. The quantitative estimate of drug-likeness (QED) is 0.591. The van der Waals surface area contributed by atoms with E-state index in [0.29, 0.717) is 6.10 Å². The maximum Gasteiger partial charge on any atom is 0.133 e. The summed E-state index contributed by atoms with van der Waals surface area (Å²) in [6.45, 7) is 6.11. The molecule has 3 heteroatoms. The Hall–Kier alpha value is -0.470. The fourth-order valence-electron chi connectivity index (χ4n) is 1.63. The highest BCUT2D eigenvalue weighted by molar-refractivity contribution is 6.31. The third-order valence-electron chi connectivity index (χ3n) is 2.46. The van der Waals surface area contributed by atoms with Crippen molar-refractivity contribution in [2.75, 3.05) is 13.1 Å². The second-order valence-corrected chi connectivity index (χ2v) is 4.09. The number of hydrogen-bond donors (Lipinski definition) is 1. The average Bonchev–Trinajstić information content (AvgIpc) is 2.27. The number of rotatable bonds is 4. The summed E-state index contributed by atoms with van der Waals surface area (Å²) in [6, 6.07) is 0. The second-order valence-electron chi connectivity index (χ2n) is 3.68. The van der Waals surface area contributed by atoms with Gasteiger partial charge in [-0.1, -0.05) is 24.6 Å². The highest BCUT2D eigenvalue weighted by Gasteiger charge is 2.16. The molecule has 1 N–H and O–H groups in total. The molecule has 0 aliphatic carbocycles. The molecule has 0 aromatic heterocycles. The van der Waals surface area contributed by atoms with Crippen LogP contribution in [0.5, 0.6) is 0 Å². The van der Waals surface area contributed by atoms with Gasteiger partial charge in [-0.3, -0.25) is 0 Å². The minimum atomic E-state index is 0.316. The van der Waals surface area contributed by atoms with Crippen molar-refractivity contribution in [1.29, 1.82) is 0 Å². The van der Waals surface area contributed by atoms with Crippen molar-refractivity contribution in [1.82, 2.24) is 5.32 Å². The van der Waals surface area contributed by atoms with Crippen LogP contribution in [0, 0.1) is 0 Å². The van der Waals surface area contributed by atoms with E-state index in [2.05, 4.69) is 12.2 Å². The van der Waals surface area contributed by atoms with Crippen LogP contribution in [0.3, 0.4) is 0 Å². The molecule has 15 heavy (non-hydrogen) atoms. The van der Waals surface area contributed by atoms with E-state index in [-0.39, 0.29) is 0 Å². The van der Waals surface area contributed by atoms with Gasteiger partial charge < -0.3 is 10.1 Å². The van der Waals surface area contributed by atoms with Crippen molar-refractivity contribution in [3.05, 3.63) is 22.9 Å². The van der Waals surface area contributed by atoms with Crippen molar-refractivity contribution >= 4 is 11.6 Å². The molecule has 0 saturated carbocycles. The van der Waals surface area contributed by atoms with Crippen LogP contribution in [-0.2, 0) is 4.74 Å². The normalized spacial score (nSPS) is 20.5. The summed E-state index contributed by atoms with van der Waals surface area (Å²) in [6.07, 6.45) is 7.30. The van der Waals surface area contributed by atoms with E-state index in [0.717, 1.165) is 43.1 Å². The van der Waals surface area contributed by atoms with Crippen molar-refractivity contribution in [3.8, 4) is 0 Å². The Bertz CT molecular complexity index is 242. The van der Waals surface area contributed by atoms with Crippen molar-refractivity contribution < 1.29 is 4.74 Å². The first kappa shape index (κ1) is 12.6. The fraction of sp³-hybridized carbons (Fsp3) is 0.667. The number of piperidine rings is 1. The van der Waals surface area contributed by atoms with E-state index in [9.17, 15) is 0 Å². The first-order valence-corrected chi connectivity index (χ1v) is 6.05. The molecule has 0 aromatic rings. The molecule has 0 bridgehead atoms. The van der Waals surface area contributed by atoms with Gasteiger partial charge >= 0.3 is 0 Å². The van der Waals surface area contributed by atoms with Gasteiger partial charge in [0.1, 0.15) is 11.9 Å². The summed E-state index contributed by atoms with van der Waals surface area (Å²) in [5.74, 6) is 0.824. The monoisotopic (exact) mass is 229 g/mol. The molecule has 0 atom stereocenters. The predicted octanol–water partition coefficient (Wildman–Crippen LogP) is 3.19. The van der Waals surface area contributed by atoms with Crippen LogP contribution in [-0.4, -0.2) is 19.2 Å². The number of allylic oxidation sites excluding steroid dienone is 3. The second kappa shape index (κ2) is 6.91. The Morgan fingerprint density at radius 2 is 2.13 bits per heavy atom. The summed E-state index contributed by atoms with van der Waals surface area (Å²) in [5.41, 5.74) is 0. The zero-order chi connectivity index (χ0) is 11.1. The molecular formula is C12H20ClNO. The zero-order valence-electron chi connectivity index (χ0n) is 9.55. The first-order valence-electron chi connectivity index (χ1n) is 5.67. The molecule has 0 unspecified atom stereocenters. The standard InChI is InChI=1S/C12H20ClNO/c1-3-5-11(13)12(4-2)15-10-6-8-14-9-7-10/h4-5,10,14H,3,6-9H2,1-2H3/b11-5+,12-4+. The van der Waals surface area contributed by atoms with E-state index in [4.69, 9.17) is 16.3 Å². The van der Waals surface area contributed by atoms with Gasteiger partial charge in [0.15, 0.2) is 0 Å². The molecule has 1 rings (SSSR count). The third kappa shape index (κ3) is 4.27. The lowest BCUT2D eigenvalue weighted by Crippen LogP contribution is -2.32. The maximum atomic E-state index is 6.12. The lowest BCUT2D eigenvalue weighted by molar-refractivity contribution is 0.0946. The van der Waals surface area contributed by atoms with Gasteiger partial charge in [0.25, 0.3) is 0 Å². The smallest absolute Gasteiger partial charge is 0.133 e. The SMILES string of the molecule is C/C=C(OC1CCNCC1)\C(Cl)=C/CC. The van der Waals surface area contributed by atoms with Crippen LogP contribution in [0.2, 0.25) is 0 Å². The van der Waals surface area contributed by atoms with Crippen LogP contribution in [0.25, 0.3) is 0 Å². The lowest BCUT2D eigenvalue weighted by Gasteiger charge is -2.25. The van der Waals surface area contributed by atoms with E-state index in [1.807, 2.05) is 19.1 Å². The van der Waals surface area contributed by atoms with E-state index in [1.54, 1.807) is 0 Å². The average molecular weight is 230 g/mol. The van der Waals surface area contributed by atoms with Crippen LogP contribution in [0.1, 0.15) is 33.1 Å². The van der Waals surface area contributed by atoms with Crippen LogP contribution < -0.4 is 5.32 Å². The molecule has 1 fully saturated rings. The molecule has 0 spiro atoms. The fourth-order valence-corrected chi connectivity index (χ4v) is 1.94. The highest BCUT2D eigenvalue weighted by atomic mass is 35.5. The zero-order valence-corrected chi connectivity index (χ0v) is 10.3. The number of nitrogens with one attached hydrogen (secondary N) is 1. The third-order valence-corrected chi connectivity index (χ3v) is 2.80. The number of hydrogen-bond acceptors (Lipinski definition) is 2. The Morgan fingerprint density at radius 1 is 1.47 bits per heavy atom. The summed E-state index contributed by atoms with van der Waals surface area (Å²) in [4.78, 5) is 0. The first-order chi connectivity index (χ1) is 7.27. The van der Waals surface area contributed by atoms with E-state index < -0.39 is 0 Å². The molecular weight excluding hydrogens is 210 g/mol. The van der Waals surface area contributed by atoms with Crippen molar-refractivity contribution in [2.24, 2.45) is 0 Å². The minimum Gasteiger partial charge on any atom is -0.489 e. The molecule has 0 aromatic carbocycles. The van der Waals surface area contributed by atoms with Crippen LogP contribution in [0.4, 0.5) is 0 Å². The Kier molecular flexibility index (Phi) is 5.81. The largest absolute Gasteiger partial charge is 0.489 e. The van der Waals surface area contributed by atoms with E-state index >= 15 is 0 Å². The lowest BCUT2D eigenvalue weighted by atomic mass is 10.1. The van der Waals surface area contributed by atoms with Gasteiger partial charge in [-0.05, 0) is 45.4 Å². The molecule has 1 saturated heterocycles. The predicted molar refractivity (Wildman–Crippen MR) is 65.0 cm³/mol. The summed E-state index contributed by atoms with van der Waals surface area (Å²) >= 11 is 6.12. The molecule has 1 heterocycles. The van der Waals surface area contributed by atoms with Crippen LogP contribution in [0.15, 0.2) is 22.9 Å². The summed E-state index contributed by atoms with van der Waals surface area (Å²) in [7, 11) is 0. The highest BCUT2D eigenvalue weighted by Crippen LogP contribution is 2.21. The number of ether oxygens (including phenoxy) is 1. The Labute approximate surface area is 97.3 Å². The van der Waals surface area contributed by atoms with Gasteiger partial charge in [-0.15, -0.1) is 0 Å². The van der Waals surface area contributed by atoms with Crippen molar-refractivity contribution in [3.63, 3.8) is 0 Å². The van der Waals surface area contributed by atoms with Gasteiger partial charge in [-0.2, -0.15) is 0 Å². The van der Waals surface area contributed by atoms with Gasteiger partial charge in [0.2, 0.25) is 0 Å². The maximum absolute atomic E-state index is 6.12. The Balaban J connectivity index is 2.49. The molecule has 1 aliphatic rings. The van der Waals surface area contributed by atoms with Gasteiger partial charge in [0, 0.05) is 0 Å². The van der Waals surface area contributed by atoms with Gasteiger partial charge in [-0.25, -0.2) is 0 Å². The van der Waals surface area contributed by atoms with Crippen molar-refractivity contribution in [2.45, 2.75) is 39.2 Å². The number of halogens is 1. The van der Waals surface area contributed by atoms with Gasteiger partial charge in [0.05, 0.1) is 5.03 Å². The summed E-state index contributed by atoms with van der Waals surface area (Å²) < 4.78 is 5.88.